The van der Waals surface area contributed by atoms with Crippen LogP contribution in [0.5, 0.6) is 17.2 Å². The van der Waals surface area contributed by atoms with Gasteiger partial charge in [0.05, 0.1) is 38.7 Å². The Bertz CT molecular complexity index is 782. The molecule has 0 saturated carbocycles. The van der Waals surface area contributed by atoms with Crippen LogP contribution in [0.15, 0.2) is 47.6 Å². The van der Waals surface area contributed by atoms with Crippen molar-refractivity contribution in [1.82, 2.24) is 5.43 Å². The molecule has 0 heterocycles. The third-order valence-electron chi connectivity index (χ3n) is 3.40. The number of carbonyl (C=O) groups excluding carboxylic acids is 1. The second-order valence-electron chi connectivity index (χ2n) is 5.22. The van der Waals surface area contributed by atoms with E-state index in [1.807, 2.05) is 18.2 Å². The summed E-state index contributed by atoms with van der Waals surface area (Å²) in [7, 11) is 2.81. The van der Waals surface area contributed by atoms with Crippen LogP contribution >= 0.6 is 11.6 Å². The van der Waals surface area contributed by atoms with Crippen LogP contribution in [-0.4, -0.2) is 39.7 Å². The van der Waals surface area contributed by atoms with Gasteiger partial charge in [-0.25, -0.2) is 10.2 Å². The summed E-state index contributed by atoms with van der Waals surface area (Å²) in [5.41, 5.74) is 2.88. The lowest BCUT2D eigenvalue weighted by molar-refractivity contribution is 0.171. The summed E-state index contributed by atoms with van der Waals surface area (Å²) >= 11 is 6.05. The van der Waals surface area contributed by atoms with E-state index < -0.39 is 6.09 Å². The van der Waals surface area contributed by atoms with Gasteiger partial charge in [0.15, 0.2) is 11.5 Å². The van der Waals surface area contributed by atoms with Gasteiger partial charge in [0.25, 0.3) is 0 Å². The van der Waals surface area contributed by atoms with Gasteiger partial charge in [0.2, 0.25) is 0 Å². The van der Waals surface area contributed by atoms with Crippen LogP contribution in [0.3, 0.4) is 0 Å². The molecule has 1 amide bonds. The van der Waals surface area contributed by atoms with Crippen molar-refractivity contribution in [1.29, 1.82) is 0 Å². The lowest BCUT2D eigenvalue weighted by Crippen LogP contribution is -2.16. The number of hydrazone groups is 1. The first-order valence-corrected chi connectivity index (χ1v) is 8.57. The maximum atomic E-state index is 11.1. The largest absolute Gasteiger partial charge is 0.493 e. The molecule has 1 N–H and O–H groups in total. The van der Waals surface area contributed by atoms with Crippen LogP contribution in [0.25, 0.3) is 0 Å². The zero-order chi connectivity index (χ0) is 19.5. The molecule has 0 radical (unpaired) electrons. The number of hydrogen-bond donors (Lipinski definition) is 1. The van der Waals surface area contributed by atoms with Crippen molar-refractivity contribution in [3.8, 4) is 17.2 Å². The zero-order valence-electron chi connectivity index (χ0n) is 15.1. The molecule has 27 heavy (non-hydrogen) atoms. The molecule has 0 unspecified atom stereocenters. The lowest BCUT2D eigenvalue weighted by atomic mass is 10.2. The normalized spacial score (nSPS) is 10.5. The monoisotopic (exact) mass is 392 g/mol. The van der Waals surface area contributed by atoms with E-state index in [-0.39, 0.29) is 0 Å². The highest BCUT2D eigenvalue weighted by atomic mass is 35.5. The molecule has 2 rings (SSSR count). The summed E-state index contributed by atoms with van der Waals surface area (Å²) in [6.07, 6.45) is 1.43. The van der Waals surface area contributed by atoms with Crippen molar-refractivity contribution in [2.24, 2.45) is 5.10 Å². The third kappa shape index (κ3) is 6.38. The Balaban J connectivity index is 1.92. The maximum Gasteiger partial charge on any atom is 0.427 e. The maximum absolute atomic E-state index is 11.1. The molecule has 8 heteroatoms. The predicted octanol–water partition coefficient (Wildman–Crippen LogP) is 3.89. The van der Waals surface area contributed by atoms with Crippen molar-refractivity contribution >= 4 is 23.9 Å². The number of hydrogen-bond acceptors (Lipinski definition) is 6. The number of nitrogens with one attached hydrogen (secondary N) is 1. The molecule has 144 valence electrons. The van der Waals surface area contributed by atoms with Gasteiger partial charge in [0, 0.05) is 12.0 Å². The number of ether oxygens (including phenoxy) is 4. The number of nitrogens with zero attached hydrogens (tertiary/aromatic N) is 1. The Morgan fingerprint density at radius 3 is 2.56 bits per heavy atom. The molecule has 0 atom stereocenters. The van der Waals surface area contributed by atoms with Crippen LogP contribution in [0.2, 0.25) is 5.02 Å². The lowest BCUT2D eigenvalue weighted by Gasteiger charge is -2.13. The molecule has 0 aliphatic heterocycles. The molecule has 0 fully saturated rings. The molecule has 0 saturated heterocycles. The van der Waals surface area contributed by atoms with Gasteiger partial charge in [-0.3, -0.25) is 0 Å². The molecular weight excluding hydrogens is 372 g/mol. The number of carbonyl (C=O) groups is 1. The Kier molecular flexibility index (Phi) is 8.25. The van der Waals surface area contributed by atoms with E-state index in [1.54, 1.807) is 31.4 Å². The van der Waals surface area contributed by atoms with E-state index >= 15 is 0 Å². The summed E-state index contributed by atoms with van der Waals surface area (Å²) in [6.45, 7) is 0.850. The summed E-state index contributed by atoms with van der Waals surface area (Å²) in [6, 6.07) is 12.7. The van der Waals surface area contributed by atoms with Crippen molar-refractivity contribution in [2.45, 2.75) is 6.42 Å². The average molecular weight is 393 g/mol. The molecule has 0 aliphatic carbocycles. The fourth-order valence-electron chi connectivity index (χ4n) is 2.13. The third-order valence-corrected chi connectivity index (χ3v) is 3.72. The number of rotatable bonds is 9. The summed E-state index contributed by atoms with van der Waals surface area (Å²) in [4.78, 5) is 11.1. The van der Waals surface area contributed by atoms with Gasteiger partial charge in [-0.1, -0.05) is 29.8 Å². The van der Waals surface area contributed by atoms with Crippen LogP contribution < -0.4 is 19.6 Å². The zero-order valence-corrected chi connectivity index (χ0v) is 15.9. The summed E-state index contributed by atoms with van der Waals surface area (Å²) in [5.74, 6) is 1.72. The Hall–Kier alpha value is -2.93. The minimum absolute atomic E-state index is 0.399. The number of benzene rings is 2. The second-order valence-corrected chi connectivity index (χ2v) is 5.63. The first kappa shape index (κ1) is 20.4. The van der Waals surface area contributed by atoms with E-state index in [2.05, 4.69) is 15.3 Å². The number of methoxy groups -OCH3 is 2. The van der Waals surface area contributed by atoms with Gasteiger partial charge in [-0.15, -0.1) is 0 Å². The molecular formula is C19H21ClN2O5. The minimum Gasteiger partial charge on any atom is -0.493 e. The molecule has 0 spiro atoms. The van der Waals surface area contributed by atoms with Gasteiger partial charge < -0.3 is 18.9 Å². The van der Waals surface area contributed by atoms with Gasteiger partial charge >= 0.3 is 6.09 Å². The van der Waals surface area contributed by atoms with Crippen LogP contribution in [0.4, 0.5) is 4.79 Å². The Morgan fingerprint density at radius 2 is 1.81 bits per heavy atom. The molecule has 2 aromatic rings. The number of para-hydroxylation sites is 2. The van der Waals surface area contributed by atoms with Crippen LogP contribution in [-0.2, 0) is 4.74 Å². The molecule has 0 aromatic heterocycles. The fourth-order valence-corrected chi connectivity index (χ4v) is 2.32. The van der Waals surface area contributed by atoms with Crippen molar-refractivity contribution in [3.63, 3.8) is 0 Å². The standard InChI is InChI=1S/C19H21ClN2O5/c1-24-17-10-5-7-14(13-21-22-19(23)25-2)18(17)27-12-6-11-26-16-9-4-3-8-15(16)20/h3-5,7-10,13H,6,11-12H2,1-2H3,(H,22,23)/b21-13+. The van der Waals surface area contributed by atoms with Crippen molar-refractivity contribution in [3.05, 3.63) is 53.1 Å². The van der Waals surface area contributed by atoms with Crippen LogP contribution in [0.1, 0.15) is 12.0 Å². The topological polar surface area (TPSA) is 78.4 Å². The summed E-state index contributed by atoms with van der Waals surface area (Å²) < 4.78 is 21.3. The van der Waals surface area contributed by atoms with Gasteiger partial charge in [-0.2, -0.15) is 5.10 Å². The first-order chi connectivity index (χ1) is 13.2. The Labute approximate surface area is 162 Å². The highest BCUT2D eigenvalue weighted by Crippen LogP contribution is 2.30. The molecule has 0 bridgehead atoms. The van der Waals surface area contributed by atoms with E-state index in [9.17, 15) is 4.79 Å². The highest BCUT2D eigenvalue weighted by Gasteiger charge is 2.09. The first-order valence-electron chi connectivity index (χ1n) is 8.20. The SMILES string of the molecule is COC(=O)N/N=C/c1cccc(OC)c1OCCCOc1ccccc1Cl. The van der Waals surface area contributed by atoms with Gasteiger partial charge in [0.1, 0.15) is 5.75 Å². The van der Waals surface area contributed by atoms with E-state index in [1.165, 1.54) is 13.3 Å². The van der Waals surface area contributed by atoms with Crippen LogP contribution in [0, 0.1) is 0 Å². The van der Waals surface area contributed by atoms with E-state index in [0.29, 0.717) is 47.5 Å². The highest BCUT2D eigenvalue weighted by molar-refractivity contribution is 6.32. The second kappa shape index (κ2) is 10.9. The smallest absolute Gasteiger partial charge is 0.427 e. The Morgan fingerprint density at radius 1 is 1.07 bits per heavy atom. The van der Waals surface area contributed by atoms with Crippen molar-refractivity contribution in [2.75, 3.05) is 27.4 Å². The predicted molar refractivity (Wildman–Crippen MR) is 103 cm³/mol. The molecule has 0 aliphatic rings. The average Bonchev–Trinajstić information content (AvgIpc) is 2.69. The van der Waals surface area contributed by atoms with E-state index in [0.717, 1.165) is 0 Å². The molecule has 2 aromatic carbocycles. The van der Waals surface area contributed by atoms with E-state index in [4.69, 9.17) is 25.8 Å². The summed E-state index contributed by atoms with van der Waals surface area (Å²) in [5, 5.41) is 4.39. The number of halogens is 1. The molecule has 7 nitrogen and oxygen atoms in total. The minimum atomic E-state index is -0.659. The fraction of sp³-hybridized carbons (Fsp3) is 0.263. The van der Waals surface area contributed by atoms with Crippen molar-refractivity contribution < 1.29 is 23.7 Å². The quantitative estimate of drug-likeness (QED) is 0.398. The number of amides is 1. The van der Waals surface area contributed by atoms with Gasteiger partial charge in [-0.05, 0) is 24.3 Å².